The smallest absolute Gasteiger partial charge is 0.408 e. The fourth-order valence-electron chi connectivity index (χ4n) is 3.80. The zero-order valence-corrected chi connectivity index (χ0v) is 22.3. The van der Waals surface area contributed by atoms with Crippen LogP contribution >= 0.6 is 0 Å². The van der Waals surface area contributed by atoms with Crippen LogP contribution in [0.1, 0.15) is 69.3 Å². The number of hydrogen-bond acceptors (Lipinski definition) is 4. The molecule has 0 fully saturated rings. The summed E-state index contributed by atoms with van der Waals surface area (Å²) in [6, 6.07) is 11.5. The van der Waals surface area contributed by atoms with Gasteiger partial charge in [-0.25, -0.2) is 4.79 Å². The molecular weight excluding hydrogens is 454 g/mol. The number of aryl methyl sites for hydroxylation is 2. The quantitative estimate of drug-likeness (QED) is 0.502. The number of nitrogens with one attached hydrogen (secondary N) is 2. The van der Waals surface area contributed by atoms with Crippen LogP contribution in [-0.4, -0.2) is 41.0 Å². The molecular formula is C29H37N3O4. The Morgan fingerprint density at radius 2 is 1.64 bits per heavy atom. The molecule has 2 unspecified atom stereocenters. The number of carbonyl (C=O) groups is 3. The number of anilines is 1. The van der Waals surface area contributed by atoms with E-state index in [9.17, 15) is 14.4 Å². The van der Waals surface area contributed by atoms with Crippen LogP contribution < -0.4 is 10.6 Å². The maximum Gasteiger partial charge on any atom is 0.408 e. The lowest BCUT2D eigenvalue weighted by atomic mass is 9.99. The zero-order valence-electron chi connectivity index (χ0n) is 22.3. The van der Waals surface area contributed by atoms with Crippen LogP contribution in [0, 0.1) is 26.2 Å². The molecule has 2 aromatic carbocycles. The second-order valence-corrected chi connectivity index (χ2v) is 9.84. The van der Waals surface area contributed by atoms with E-state index in [1.807, 2.05) is 45.9 Å². The normalized spacial score (nSPS) is 12.6. The van der Waals surface area contributed by atoms with Crippen LogP contribution in [0.2, 0.25) is 0 Å². The van der Waals surface area contributed by atoms with Crippen molar-refractivity contribution < 1.29 is 19.1 Å². The molecule has 2 N–H and O–H groups in total. The first-order valence-corrected chi connectivity index (χ1v) is 12.1. The first kappa shape index (κ1) is 28.4. The minimum Gasteiger partial charge on any atom is -0.444 e. The van der Waals surface area contributed by atoms with Crippen molar-refractivity contribution in [3.8, 4) is 12.3 Å². The Balaban J connectivity index is 2.46. The number of rotatable bonds is 8. The van der Waals surface area contributed by atoms with E-state index in [1.54, 1.807) is 45.0 Å². The van der Waals surface area contributed by atoms with Crippen molar-refractivity contribution in [2.24, 2.45) is 0 Å². The van der Waals surface area contributed by atoms with Gasteiger partial charge in [0.2, 0.25) is 5.91 Å². The number of amides is 3. The van der Waals surface area contributed by atoms with Gasteiger partial charge in [0.1, 0.15) is 18.2 Å². The molecule has 0 aliphatic heterocycles. The lowest BCUT2D eigenvalue weighted by Crippen LogP contribution is -2.50. The van der Waals surface area contributed by atoms with E-state index in [2.05, 4.69) is 16.6 Å². The predicted molar refractivity (Wildman–Crippen MR) is 142 cm³/mol. The Kier molecular flexibility index (Phi) is 9.68. The molecule has 3 amide bonds. The lowest BCUT2D eigenvalue weighted by Gasteiger charge is -2.36. The monoisotopic (exact) mass is 491 g/mol. The maximum absolute atomic E-state index is 13.8. The summed E-state index contributed by atoms with van der Waals surface area (Å²) in [4.78, 5) is 41.0. The SMILES string of the molecule is C#Cc1ccc(C(C(=O)Nc2c(C)cccc2C)N(C(=O)CNC(=O)OC(C)(C)C)C(C)CC)cc1. The van der Waals surface area contributed by atoms with Gasteiger partial charge in [0.25, 0.3) is 5.91 Å². The molecule has 7 nitrogen and oxygen atoms in total. The molecule has 7 heteroatoms. The Bertz CT molecular complexity index is 1110. The number of carbonyl (C=O) groups excluding carboxylic acids is 3. The van der Waals surface area contributed by atoms with E-state index in [-0.39, 0.29) is 18.5 Å². The van der Waals surface area contributed by atoms with Crippen LogP contribution in [0.25, 0.3) is 0 Å². The largest absolute Gasteiger partial charge is 0.444 e. The molecule has 2 aromatic rings. The van der Waals surface area contributed by atoms with Crippen molar-refractivity contribution in [2.45, 2.75) is 72.6 Å². The standard InChI is InChI=1S/C29H37N3O4/c1-9-21(5)32(24(33)18-30-28(35)36-29(6,7)8)26(23-16-14-22(10-2)15-17-23)27(34)31-25-19(3)12-11-13-20(25)4/h2,11-17,21,26H,9,18H2,1,3-8H3,(H,30,35)(H,31,34). The third-order valence-corrected chi connectivity index (χ3v) is 5.79. The summed E-state index contributed by atoms with van der Waals surface area (Å²) < 4.78 is 5.26. The zero-order chi connectivity index (χ0) is 27.0. The second-order valence-electron chi connectivity index (χ2n) is 9.84. The summed E-state index contributed by atoms with van der Waals surface area (Å²) in [6.45, 7) is 12.6. The first-order valence-electron chi connectivity index (χ1n) is 12.1. The van der Waals surface area contributed by atoms with Crippen LogP contribution in [0.15, 0.2) is 42.5 Å². The molecule has 0 heterocycles. The number of benzene rings is 2. The van der Waals surface area contributed by atoms with Crippen LogP contribution in [-0.2, 0) is 14.3 Å². The van der Waals surface area contributed by atoms with Crippen molar-refractivity contribution in [1.29, 1.82) is 0 Å². The highest BCUT2D eigenvalue weighted by molar-refractivity contribution is 5.99. The fourth-order valence-corrected chi connectivity index (χ4v) is 3.80. The van der Waals surface area contributed by atoms with Crippen molar-refractivity contribution in [3.63, 3.8) is 0 Å². The summed E-state index contributed by atoms with van der Waals surface area (Å²) in [5.41, 5.74) is 3.12. The number of para-hydroxylation sites is 1. The molecule has 2 rings (SSSR count). The molecule has 36 heavy (non-hydrogen) atoms. The van der Waals surface area contributed by atoms with Gasteiger partial charge < -0.3 is 20.3 Å². The Hall–Kier alpha value is -3.79. The molecule has 192 valence electrons. The van der Waals surface area contributed by atoms with Gasteiger partial charge in [-0.05, 0) is 76.8 Å². The van der Waals surface area contributed by atoms with Crippen molar-refractivity contribution in [2.75, 3.05) is 11.9 Å². The molecule has 0 spiro atoms. The third kappa shape index (κ3) is 7.61. The van der Waals surface area contributed by atoms with E-state index in [0.29, 0.717) is 23.2 Å². The van der Waals surface area contributed by atoms with Gasteiger partial charge >= 0.3 is 6.09 Å². The summed E-state index contributed by atoms with van der Waals surface area (Å²) in [6.07, 6.45) is 5.42. The summed E-state index contributed by atoms with van der Waals surface area (Å²) >= 11 is 0. The molecule has 0 bridgehead atoms. The van der Waals surface area contributed by atoms with Gasteiger partial charge in [-0.15, -0.1) is 6.42 Å². The first-order chi connectivity index (χ1) is 16.9. The lowest BCUT2D eigenvalue weighted by molar-refractivity contribution is -0.140. The van der Waals surface area contributed by atoms with Gasteiger partial charge in [-0.2, -0.15) is 0 Å². The predicted octanol–water partition coefficient (Wildman–Crippen LogP) is 5.12. The Labute approximate surface area is 214 Å². The van der Waals surface area contributed by atoms with Crippen LogP contribution in [0.3, 0.4) is 0 Å². The number of hydrogen-bond donors (Lipinski definition) is 2. The van der Waals surface area contributed by atoms with Crippen molar-refractivity contribution >= 4 is 23.6 Å². The highest BCUT2D eigenvalue weighted by atomic mass is 16.6. The maximum atomic E-state index is 13.8. The highest BCUT2D eigenvalue weighted by Crippen LogP contribution is 2.28. The van der Waals surface area contributed by atoms with Gasteiger partial charge in [-0.1, -0.05) is 43.2 Å². The minimum atomic E-state index is -0.946. The van der Waals surface area contributed by atoms with E-state index in [1.165, 1.54) is 4.90 Å². The number of terminal acetylenes is 1. The Morgan fingerprint density at radius 3 is 2.14 bits per heavy atom. The average Bonchev–Trinajstić information content (AvgIpc) is 2.81. The number of alkyl carbamates (subject to hydrolysis) is 1. The van der Waals surface area contributed by atoms with Crippen molar-refractivity contribution in [1.82, 2.24) is 10.2 Å². The third-order valence-electron chi connectivity index (χ3n) is 5.79. The number of ether oxygens (including phenoxy) is 1. The highest BCUT2D eigenvalue weighted by Gasteiger charge is 2.35. The Morgan fingerprint density at radius 1 is 1.06 bits per heavy atom. The second kappa shape index (κ2) is 12.3. The number of nitrogens with zero attached hydrogens (tertiary/aromatic N) is 1. The van der Waals surface area contributed by atoms with E-state index < -0.39 is 23.6 Å². The molecule has 0 aliphatic rings. The average molecular weight is 492 g/mol. The van der Waals surface area contributed by atoms with E-state index in [0.717, 1.165) is 11.1 Å². The van der Waals surface area contributed by atoms with E-state index >= 15 is 0 Å². The fraction of sp³-hybridized carbons (Fsp3) is 0.414. The van der Waals surface area contributed by atoms with Crippen molar-refractivity contribution in [3.05, 3.63) is 64.7 Å². The van der Waals surface area contributed by atoms with Crippen LogP contribution in [0.5, 0.6) is 0 Å². The molecule has 0 saturated heterocycles. The minimum absolute atomic E-state index is 0.293. The summed E-state index contributed by atoms with van der Waals surface area (Å²) in [7, 11) is 0. The van der Waals surface area contributed by atoms with Gasteiger partial charge in [0.15, 0.2) is 0 Å². The molecule has 0 saturated carbocycles. The molecule has 2 atom stereocenters. The molecule has 0 radical (unpaired) electrons. The summed E-state index contributed by atoms with van der Waals surface area (Å²) in [5.74, 6) is 1.81. The summed E-state index contributed by atoms with van der Waals surface area (Å²) in [5, 5.41) is 5.55. The molecule has 0 aromatic heterocycles. The topological polar surface area (TPSA) is 87.7 Å². The van der Waals surface area contributed by atoms with Gasteiger partial charge in [0, 0.05) is 17.3 Å². The molecule has 0 aliphatic carbocycles. The van der Waals surface area contributed by atoms with Gasteiger partial charge in [-0.3, -0.25) is 9.59 Å². The van der Waals surface area contributed by atoms with Crippen LogP contribution in [0.4, 0.5) is 10.5 Å². The van der Waals surface area contributed by atoms with Gasteiger partial charge in [0.05, 0.1) is 0 Å². The van der Waals surface area contributed by atoms with E-state index in [4.69, 9.17) is 11.2 Å².